The highest BCUT2D eigenvalue weighted by Gasteiger charge is 2.17. The summed E-state index contributed by atoms with van der Waals surface area (Å²) < 4.78 is 11.1. The van der Waals surface area contributed by atoms with Crippen LogP contribution in [0.3, 0.4) is 0 Å². The molecule has 0 spiro atoms. The monoisotopic (exact) mass is 354 g/mol. The van der Waals surface area contributed by atoms with Gasteiger partial charge in [0, 0.05) is 51.9 Å². The van der Waals surface area contributed by atoms with Crippen molar-refractivity contribution < 1.29 is 9.47 Å². The Hall–Kier alpha value is -0.850. The minimum atomic E-state index is 0.601. The molecular weight excluding hydrogens is 316 g/mol. The normalized spacial score (nSPS) is 22.5. The van der Waals surface area contributed by atoms with Crippen molar-refractivity contribution in [3.8, 4) is 0 Å². The van der Waals surface area contributed by atoms with Gasteiger partial charge in [0.1, 0.15) is 0 Å². The van der Waals surface area contributed by atoms with E-state index in [1.165, 1.54) is 32.1 Å². The van der Waals surface area contributed by atoms with Gasteiger partial charge in [0.15, 0.2) is 5.96 Å². The third-order valence-electron chi connectivity index (χ3n) is 5.31. The Bertz CT molecular complexity index is 366. The topological polar surface area (TPSA) is 58.1 Å². The van der Waals surface area contributed by atoms with Gasteiger partial charge in [0.25, 0.3) is 0 Å². The van der Waals surface area contributed by atoms with Crippen molar-refractivity contribution in [3.63, 3.8) is 0 Å². The quantitative estimate of drug-likeness (QED) is 0.356. The zero-order valence-electron chi connectivity index (χ0n) is 16.3. The predicted molar refractivity (Wildman–Crippen MR) is 103 cm³/mol. The van der Waals surface area contributed by atoms with Crippen LogP contribution in [0.25, 0.3) is 0 Å². The van der Waals surface area contributed by atoms with E-state index in [9.17, 15) is 0 Å². The summed E-state index contributed by atoms with van der Waals surface area (Å²) in [6.45, 7) is 6.28. The molecule has 1 saturated heterocycles. The molecule has 0 radical (unpaired) electrons. The average Bonchev–Trinajstić information content (AvgIpc) is 3.17. The van der Waals surface area contributed by atoms with E-state index in [1.54, 1.807) is 0 Å². The summed E-state index contributed by atoms with van der Waals surface area (Å²) in [4.78, 5) is 6.80. The molecule has 6 heteroatoms. The van der Waals surface area contributed by atoms with Crippen molar-refractivity contribution in [2.45, 2.75) is 51.0 Å². The van der Waals surface area contributed by atoms with E-state index in [-0.39, 0.29) is 0 Å². The van der Waals surface area contributed by atoms with Gasteiger partial charge in [-0.05, 0) is 32.7 Å². The molecule has 2 fully saturated rings. The molecule has 2 N–H and O–H groups in total. The summed E-state index contributed by atoms with van der Waals surface area (Å²) in [6, 6.07) is 0.771. The average molecular weight is 355 g/mol. The van der Waals surface area contributed by atoms with Crippen molar-refractivity contribution >= 4 is 5.96 Å². The molecule has 1 atom stereocenters. The standard InChI is InChI=1S/C19H38N4O2/c1-20-19(21-10-6-13-24-15-17-9-14-25-16-17)22-11-12-23(2)18-7-4-3-5-8-18/h17-18H,3-16H2,1-2H3,(H2,20,21,22). The van der Waals surface area contributed by atoms with Crippen molar-refractivity contribution in [2.75, 3.05) is 60.2 Å². The number of rotatable bonds is 10. The Labute approximate surface area is 153 Å². The van der Waals surface area contributed by atoms with Crippen molar-refractivity contribution in [1.82, 2.24) is 15.5 Å². The van der Waals surface area contributed by atoms with Crippen LogP contribution in [0.2, 0.25) is 0 Å². The zero-order chi connectivity index (χ0) is 17.7. The Morgan fingerprint density at radius 2 is 1.96 bits per heavy atom. The Morgan fingerprint density at radius 1 is 1.16 bits per heavy atom. The molecule has 1 aliphatic carbocycles. The summed E-state index contributed by atoms with van der Waals surface area (Å²) in [5.74, 6) is 1.49. The van der Waals surface area contributed by atoms with E-state index in [0.29, 0.717) is 5.92 Å². The molecule has 0 bridgehead atoms. The molecule has 146 valence electrons. The molecule has 1 unspecified atom stereocenters. The SMILES string of the molecule is CN=C(NCCCOCC1CCOC1)NCCN(C)C1CCCCC1. The number of nitrogens with zero attached hydrogens (tertiary/aromatic N) is 2. The third-order valence-corrected chi connectivity index (χ3v) is 5.31. The lowest BCUT2D eigenvalue weighted by Gasteiger charge is -2.31. The number of ether oxygens (including phenoxy) is 2. The fourth-order valence-electron chi connectivity index (χ4n) is 3.62. The summed E-state index contributed by atoms with van der Waals surface area (Å²) in [6.07, 6.45) is 9.05. The third kappa shape index (κ3) is 8.38. The molecule has 1 heterocycles. The summed E-state index contributed by atoms with van der Waals surface area (Å²) >= 11 is 0. The number of guanidine groups is 1. The zero-order valence-corrected chi connectivity index (χ0v) is 16.3. The molecule has 0 aromatic heterocycles. The fraction of sp³-hybridized carbons (Fsp3) is 0.947. The fourth-order valence-corrected chi connectivity index (χ4v) is 3.62. The van der Waals surface area contributed by atoms with Gasteiger partial charge in [-0.2, -0.15) is 0 Å². The first-order chi connectivity index (χ1) is 12.3. The van der Waals surface area contributed by atoms with E-state index in [1.807, 2.05) is 7.05 Å². The minimum absolute atomic E-state index is 0.601. The van der Waals surface area contributed by atoms with E-state index in [2.05, 4.69) is 27.6 Å². The Kier molecular flexibility index (Phi) is 10.2. The van der Waals surface area contributed by atoms with Gasteiger partial charge in [0.2, 0.25) is 0 Å². The largest absolute Gasteiger partial charge is 0.381 e. The summed E-state index contributed by atoms with van der Waals surface area (Å²) in [7, 11) is 4.08. The van der Waals surface area contributed by atoms with Crippen molar-refractivity contribution in [2.24, 2.45) is 10.9 Å². The first-order valence-electron chi connectivity index (χ1n) is 10.1. The Morgan fingerprint density at radius 3 is 2.68 bits per heavy atom. The molecule has 1 aliphatic heterocycles. The molecule has 25 heavy (non-hydrogen) atoms. The van der Waals surface area contributed by atoms with Crippen LogP contribution in [-0.2, 0) is 9.47 Å². The van der Waals surface area contributed by atoms with E-state index in [4.69, 9.17) is 9.47 Å². The van der Waals surface area contributed by atoms with Crippen LogP contribution in [0.5, 0.6) is 0 Å². The molecule has 0 amide bonds. The van der Waals surface area contributed by atoms with Crippen LogP contribution in [0.1, 0.15) is 44.9 Å². The number of hydrogen-bond acceptors (Lipinski definition) is 4. The van der Waals surface area contributed by atoms with Gasteiger partial charge in [-0.3, -0.25) is 4.99 Å². The molecule has 1 saturated carbocycles. The second kappa shape index (κ2) is 12.5. The van der Waals surface area contributed by atoms with Gasteiger partial charge in [-0.15, -0.1) is 0 Å². The lowest BCUT2D eigenvalue weighted by Crippen LogP contribution is -2.43. The van der Waals surface area contributed by atoms with Gasteiger partial charge >= 0.3 is 0 Å². The van der Waals surface area contributed by atoms with Gasteiger partial charge < -0.3 is 25.0 Å². The number of likely N-dealkylation sites (N-methyl/N-ethyl adjacent to an activating group) is 1. The number of aliphatic imine (C=N–C) groups is 1. The van der Waals surface area contributed by atoms with Crippen LogP contribution < -0.4 is 10.6 Å². The highest BCUT2D eigenvalue weighted by atomic mass is 16.5. The highest BCUT2D eigenvalue weighted by molar-refractivity contribution is 5.79. The maximum atomic E-state index is 5.73. The van der Waals surface area contributed by atoms with Crippen LogP contribution >= 0.6 is 0 Å². The number of hydrogen-bond donors (Lipinski definition) is 2. The molecule has 0 aromatic carbocycles. The number of nitrogens with one attached hydrogen (secondary N) is 2. The van der Waals surface area contributed by atoms with Crippen LogP contribution in [-0.4, -0.2) is 77.1 Å². The highest BCUT2D eigenvalue weighted by Crippen LogP contribution is 2.21. The van der Waals surface area contributed by atoms with Crippen molar-refractivity contribution in [1.29, 1.82) is 0 Å². The molecular formula is C19H38N4O2. The smallest absolute Gasteiger partial charge is 0.191 e. The maximum absolute atomic E-state index is 5.73. The first-order valence-corrected chi connectivity index (χ1v) is 10.1. The maximum Gasteiger partial charge on any atom is 0.191 e. The summed E-state index contributed by atoms with van der Waals surface area (Å²) in [5.41, 5.74) is 0. The van der Waals surface area contributed by atoms with Crippen LogP contribution in [0.4, 0.5) is 0 Å². The Balaban J connectivity index is 1.45. The van der Waals surface area contributed by atoms with E-state index < -0.39 is 0 Å². The van der Waals surface area contributed by atoms with E-state index >= 15 is 0 Å². The molecule has 6 nitrogen and oxygen atoms in total. The van der Waals surface area contributed by atoms with Crippen LogP contribution in [0, 0.1) is 5.92 Å². The first kappa shape index (κ1) is 20.5. The predicted octanol–water partition coefficient (Wildman–Crippen LogP) is 1.86. The summed E-state index contributed by atoms with van der Waals surface area (Å²) in [5, 5.41) is 6.78. The molecule has 2 rings (SSSR count). The second-order valence-electron chi connectivity index (χ2n) is 7.36. The lowest BCUT2D eigenvalue weighted by atomic mass is 9.94. The van der Waals surface area contributed by atoms with Crippen molar-refractivity contribution in [3.05, 3.63) is 0 Å². The van der Waals surface area contributed by atoms with E-state index in [0.717, 1.165) is 70.9 Å². The lowest BCUT2D eigenvalue weighted by molar-refractivity contribution is 0.0888. The second-order valence-corrected chi connectivity index (χ2v) is 7.36. The van der Waals surface area contributed by atoms with Gasteiger partial charge in [-0.1, -0.05) is 19.3 Å². The molecule has 0 aromatic rings. The molecule has 2 aliphatic rings. The van der Waals surface area contributed by atoms with Gasteiger partial charge in [0.05, 0.1) is 13.2 Å². The van der Waals surface area contributed by atoms with Crippen LogP contribution in [0.15, 0.2) is 4.99 Å². The van der Waals surface area contributed by atoms with Gasteiger partial charge in [-0.25, -0.2) is 0 Å². The minimum Gasteiger partial charge on any atom is -0.381 e.